The summed E-state index contributed by atoms with van der Waals surface area (Å²) in [7, 11) is -3.94. The smallest absolute Gasteiger partial charge is 0.264 e. The van der Waals surface area contributed by atoms with Crippen molar-refractivity contribution >= 4 is 27.3 Å². The van der Waals surface area contributed by atoms with Crippen LogP contribution in [-0.4, -0.2) is 26.6 Å². The van der Waals surface area contributed by atoms with Crippen LogP contribution < -0.4 is 9.73 Å². The van der Waals surface area contributed by atoms with Gasteiger partial charge in [0.05, 0.1) is 16.3 Å². The molecule has 160 valence electrons. The van der Waals surface area contributed by atoms with Gasteiger partial charge in [0.2, 0.25) is 0 Å². The van der Waals surface area contributed by atoms with Crippen LogP contribution in [0.1, 0.15) is 23.6 Å². The number of hydrogen-bond donors (Lipinski definition) is 1. The van der Waals surface area contributed by atoms with Gasteiger partial charge < -0.3 is 0 Å². The second kappa shape index (κ2) is 9.57. The fourth-order valence-corrected chi connectivity index (χ4v) is 4.54. The number of hydrazone groups is 1. The summed E-state index contributed by atoms with van der Waals surface area (Å²) in [5.41, 5.74) is 6.30. The number of amides is 1. The molecule has 7 heteroatoms. The van der Waals surface area contributed by atoms with E-state index in [9.17, 15) is 13.2 Å². The van der Waals surface area contributed by atoms with Crippen molar-refractivity contribution in [1.82, 2.24) is 5.43 Å². The number of para-hydroxylation sites is 1. The van der Waals surface area contributed by atoms with Crippen LogP contribution >= 0.6 is 0 Å². The predicted octanol–water partition coefficient (Wildman–Crippen LogP) is 4.04. The molecule has 0 aromatic heterocycles. The van der Waals surface area contributed by atoms with Crippen LogP contribution in [0.5, 0.6) is 0 Å². The molecule has 3 aromatic carbocycles. The third-order valence-corrected chi connectivity index (χ3v) is 6.59. The largest absolute Gasteiger partial charge is 0.271 e. The molecule has 0 spiro atoms. The maximum atomic E-state index is 13.3. The first-order valence-electron chi connectivity index (χ1n) is 9.82. The molecule has 1 amide bonds. The van der Waals surface area contributed by atoms with Crippen molar-refractivity contribution in [2.75, 3.05) is 10.8 Å². The van der Waals surface area contributed by atoms with Crippen molar-refractivity contribution < 1.29 is 13.2 Å². The predicted molar refractivity (Wildman–Crippen MR) is 124 cm³/mol. The van der Waals surface area contributed by atoms with Crippen molar-refractivity contribution in [3.63, 3.8) is 0 Å². The van der Waals surface area contributed by atoms with Crippen molar-refractivity contribution in [1.29, 1.82) is 0 Å². The molecular formula is C24H25N3O3S. The quantitative estimate of drug-likeness (QED) is 0.449. The van der Waals surface area contributed by atoms with Crippen LogP contribution in [0.3, 0.4) is 0 Å². The molecule has 3 rings (SSSR count). The van der Waals surface area contributed by atoms with E-state index in [1.807, 2.05) is 37.3 Å². The number of hydrogen-bond acceptors (Lipinski definition) is 4. The lowest BCUT2D eigenvalue weighted by molar-refractivity contribution is -0.119. The van der Waals surface area contributed by atoms with E-state index >= 15 is 0 Å². The average Bonchev–Trinajstić information content (AvgIpc) is 2.77. The second-order valence-electron chi connectivity index (χ2n) is 7.21. The molecule has 0 saturated heterocycles. The van der Waals surface area contributed by atoms with Gasteiger partial charge in [0.15, 0.2) is 0 Å². The van der Waals surface area contributed by atoms with Crippen LogP contribution in [0.2, 0.25) is 0 Å². The molecule has 0 unspecified atom stereocenters. The van der Waals surface area contributed by atoms with Crippen LogP contribution in [0.4, 0.5) is 5.69 Å². The maximum Gasteiger partial charge on any atom is 0.264 e. The number of carbonyl (C=O) groups excluding carboxylic acids is 1. The maximum absolute atomic E-state index is 13.3. The molecule has 0 aliphatic rings. The molecule has 6 nitrogen and oxygen atoms in total. The van der Waals surface area contributed by atoms with Gasteiger partial charge in [0, 0.05) is 0 Å². The Morgan fingerprint density at radius 2 is 1.52 bits per heavy atom. The summed E-state index contributed by atoms with van der Waals surface area (Å²) < 4.78 is 27.8. The Kier molecular flexibility index (Phi) is 6.87. The minimum atomic E-state index is -3.94. The Labute approximate surface area is 183 Å². The van der Waals surface area contributed by atoms with E-state index in [2.05, 4.69) is 10.5 Å². The van der Waals surface area contributed by atoms with Crippen LogP contribution in [0, 0.1) is 13.8 Å². The average molecular weight is 436 g/mol. The number of nitrogens with one attached hydrogen (secondary N) is 1. The highest BCUT2D eigenvalue weighted by Gasteiger charge is 2.28. The lowest BCUT2D eigenvalue weighted by atomic mass is 10.1. The minimum Gasteiger partial charge on any atom is -0.271 e. The number of rotatable bonds is 7. The van der Waals surface area contributed by atoms with Crippen molar-refractivity contribution in [2.45, 2.75) is 25.7 Å². The van der Waals surface area contributed by atoms with Gasteiger partial charge in [-0.1, -0.05) is 66.2 Å². The molecule has 0 radical (unpaired) electrons. The third kappa shape index (κ3) is 5.38. The van der Waals surface area contributed by atoms with E-state index in [0.29, 0.717) is 11.4 Å². The zero-order chi connectivity index (χ0) is 22.4. The summed E-state index contributed by atoms with van der Waals surface area (Å²) in [6, 6.07) is 22.9. The van der Waals surface area contributed by atoms with Gasteiger partial charge in [-0.2, -0.15) is 5.10 Å². The highest BCUT2D eigenvalue weighted by molar-refractivity contribution is 7.92. The fourth-order valence-electron chi connectivity index (χ4n) is 3.03. The van der Waals surface area contributed by atoms with Crippen molar-refractivity contribution in [3.8, 4) is 0 Å². The first-order valence-corrected chi connectivity index (χ1v) is 11.3. The molecular weight excluding hydrogens is 410 g/mol. The molecule has 0 atom stereocenters. The number of nitrogens with zero attached hydrogens (tertiary/aromatic N) is 2. The summed E-state index contributed by atoms with van der Waals surface area (Å²) in [5, 5.41) is 4.14. The monoisotopic (exact) mass is 435 g/mol. The topological polar surface area (TPSA) is 78.8 Å². The molecule has 0 fully saturated rings. The molecule has 1 N–H and O–H groups in total. The Morgan fingerprint density at radius 3 is 2.16 bits per heavy atom. The number of sulfonamides is 1. The zero-order valence-electron chi connectivity index (χ0n) is 17.7. The van der Waals surface area contributed by atoms with E-state index in [-0.39, 0.29) is 4.90 Å². The van der Waals surface area contributed by atoms with E-state index in [1.165, 1.54) is 12.1 Å². The van der Waals surface area contributed by atoms with Crippen molar-refractivity contribution in [3.05, 3.63) is 95.6 Å². The normalized spacial score (nSPS) is 11.8. The van der Waals surface area contributed by atoms with E-state index < -0.39 is 22.5 Å². The minimum absolute atomic E-state index is 0.116. The van der Waals surface area contributed by atoms with Crippen LogP contribution in [0.25, 0.3) is 0 Å². The lowest BCUT2D eigenvalue weighted by Crippen LogP contribution is -2.40. The molecule has 0 bridgehead atoms. The SMILES string of the molecule is C/C(=N/NC(=O)CN(c1ccccc1C)S(=O)(=O)c1ccccc1)c1ccc(C)cc1. The van der Waals surface area contributed by atoms with Gasteiger partial charge in [-0.15, -0.1) is 0 Å². The second-order valence-corrected chi connectivity index (χ2v) is 9.07. The van der Waals surface area contributed by atoms with E-state index in [0.717, 1.165) is 21.0 Å². The van der Waals surface area contributed by atoms with Gasteiger partial charge in [-0.25, -0.2) is 13.8 Å². The third-order valence-electron chi connectivity index (χ3n) is 4.82. The molecule has 3 aromatic rings. The Bertz CT molecular complexity index is 1190. The fraction of sp³-hybridized carbons (Fsp3) is 0.167. The molecule has 0 aliphatic carbocycles. The zero-order valence-corrected chi connectivity index (χ0v) is 18.6. The van der Waals surface area contributed by atoms with E-state index in [4.69, 9.17) is 0 Å². The number of aryl methyl sites for hydroxylation is 2. The first kappa shape index (κ1) is 22.2. The summed E-state index contributed by atoms with van der Waals surface area (Å²) >= 11 is 0. The molecule has 0 saturated carbocycles. The van der Waals surface area contributed by atoms with E-state index in [1.54, 1.807) is 50.2 Å². The summed E-state index contributed by atoms with van der Waals surface area (Å²) in [5.74, 6) is -0.533. The number of anilines is 1. The number of benzene rings is 3. The summed E-state index contributed by atoms with van der Waals surface area (Å²) in [6.07, 6.45) is 0. The van der Waals surface area contributed by atoms with Gasteiger partial charge in [0.25, 0.3) is 15.9 Å². The highest BCUT2D eigenvalue weighted by atomic mass is 32.2. The molecule has 31 heavy (non-hydrogen) atoms. The molecule has 0 heterocycles. The Balaban J connectivity index is 1.87. The highest BCUT2D eigenvalue weighted by Crippen LogP contribution is 2.26. The lowest BCUT2D eigenvalue weighted by Gasteiger charge is -2.25. The Morgan fingerprint density at radius 1 is 0.903 bits per heavy atom. The van der Waals surface area contributed by atoms with Gasteiger partial charge in [0.1, 0.15) is 6.54 Å². The van der Waals surface area contributed by atoms with Crippen LogP contribution in [0.15, 0.2) is 88.9 Å². The van der Waals surface area contributed by atoms with Gasteiger partial charge in [-0.3, -0.25) is 9.10 Å². The van der Waals surface area contributed by atoms with Gasteiger partial charge >= 0.3 is 0 Å². The van der Waals surface area contributed by atoms with Crippen molar-refractivity contribution in [2.24, 2.45) is 5.10 Å². The van der Waals surface area contributed by atoms with Crippen LogP contribution in [-0.2, 0) is 14.8 Å². The van der Waals surface area contributed by atoms with Gasteiger partial charge in [-0.05, 0) is 50.1 Å². The Hall–Kier alpha value is -3.45. The summed E-state index contributed by atoms with van der Waals surface area (Å²) in [6.45, 7) is 5.18. The summed E-state index contributed by atoms with van der Waals surface area (Å²) in [4.78, 5) is 12.8. The number of carbonyl (C=O) groups is 1. The standard InChI is InChI=1S/C24H25N3O3S/c1-18-13-15-21(16-14-18)20(3)25-26-24(28)17-27(23-12-8-7-9-19(23)2)31(29,30)22-10-5-4-6-11-22/h4-16H,17H2,1-3H3,(H,26,28)/b25-20-. The first-order chi connectivity index (χ1) is 14.8. The molecule has 0 aliphatic heterocycles.